The number of hydrogen-bond donors (Lipinski definition) is 1. The van der Waals surface area contributed by atoms with E-state index in [-0.39, 0.29) is 5.56 Å². The Morgan fingerprint density at radius 3 is 2.40 bits per heavy atom. The number of alkyl halides is 2. The molecular formula is C14H14F2IN3. The molecule has 2 rings (SSSR count). The number of nitrogen functional groups attached to an aromatic ring is 1. The van der Waals surface area contributed by atoms with Crippen LogP contribution in [0.5, 0.6) is 0 Å². The monoisotopic (exact) mass is 389 g/mol. The van der Waals surface area contributed by atoms with Crippen molar-refractivity contribution in [1.82, 2.24) is 9.97 Å². The lowest BCUT2D eigenvalue weighted by Gasteiger charge is -2.09. The largest absolute Gasteiger partial charge is 0.383 e. The van der Waals surface area contributed by atoms with Crippen molar-refractivity contribution in [2.75, 3.05) is 5.73 Å². The Morgan fingerprint density at radius 2 is 1.85 bits per heavy atom. The van der Waals surface area contributed by atoms with Crippen molar-refractivity contribution in [3.05, 3.63) is 39.1 Å². The fourth-order valence-electron chi connectivity index (χ4n) is 1.82. The van der Waals surface area contributed by atoms with E-state index in [1.54, 1.807) is 12.1 Å². The van der Waals surface area contributed by atoms with Crippen LogP contribution in [0.2, 0.25) is 0 Å². The molecule has 0 spiro atoms. The lowest BCUT2D eigenvalue weighted by Crippen LogP contribution is -2.05. The second-order valence-electron chi connectivity index (χ2n) is 4.37. The minimum Gasteiger partial charge on any atom is -0.383 e. The molecule has 2 aromatic rings. The first-order valence-corrected chi connectivity index (χ1v) is 7.31. The van der Waals surface area contributed by atoms with Crippen molar-refractivity contribution in [3.63, 3.8) is 0 Å². The number of anilines is 1. The SMILES string of the molecule is CCCc1nc(-c2ccc(C(F)F)cc2)nc(N)c1I. The third-order valence-corrected chi connectivity index (χ3v) is 4.03. The van der Waals surface area contributed by atoms with Gasteiger partial charge in [-0.2, -0.15) is 0 Å². The standard InChI is InChI=1S/C14H14F2IN3/c1-2-3-10-11(17)13(18)20-14(19-10)9-6-4-8(5-7-9)12(15)16/h4-7,12H,2-3H2,1H3,(H2,18,19,20). The lowest BCUT2D eigenvalue weighted by atomic mass is 10.1. The van der Waals surface area contributed by atoms with Gasteiger partial charge in [0.1, 0.15) is 5.82 Å². The van der Waals surface area contributed by atoms with Crippen molar-refractivity contribution in [3.8, 4) is 11.4 Å². The molecule has 1 heterocycles. The molecule has 0 aliphatic heterocycles. The average Bonchev–Trinajstić information content (AvgIpc) is 2.44. The van der Waals surface area contributed by atoms with E-state index in [0.717, 1.165) is 22.1 Å². The second kappa shape index (κ2) is 6.43. The van der Waals surface area contributed by atoms with E-state index in [2.05, 4.69) is 39.5 Å². The Bertz CT molecular complexity index is 600. The summed E-state index contributed by atoms with van der Waals surface area (Å²) in [6.07, 6.45) is -0.703. The number of nitrogens with two attached hydrogens (primary N) is 1. The number of aromatic nitrogens is 2. The van der Waals surface area contributed by atoms with E-state index in [1.165, 1.54) is 12.1 Å². The first-order valence-electron chi connectivity index (χ1n) is 6.23. The van der Waals surface area contributed by atoms with E-state index in [1.807, 2.05) is 0 Å². The molecule has 1 aromatic heterocycles. The Labute approximate surface area is 129 Å². The molecule has 106 valence electrons. The fraction of sp³-hybridized carbons (Fsp3) is 0.286. The summed E-state index contributed by atoms with van der Waals surface area (Å²) in [5, 5.41) is 0. The Balaban J connectivity index is 2.41. The molecule has 3 nitrogen and oxygen atoms in total. The van der Waals surface area contributed by atoms with Crippen LogP contribution in [0.1, 0.15) is 31.0 Å². The second-order valence-corrected chi connectivity index (χ2v) is 5.44. The summed E-state index contributed by atoms with van der Waals surface area (Å²) < 4.78 is 25.9. The van der Waals surface area contributed by atoms with E-state index in [9.17, 15) is 8.78 Å². The minimum atomic E-state index is -2.47. The summed E-state index contributed by atoms with van der Waals surface area (Å²) in [4.78, 5) is 8.71. The normalized spacial score (nSPS) is 11.1. The first-order chi connectivity index (χ1) is 9.52. The number of halogens is 3. The van der Waals surface area contributed by atoms with Gasteiger partial charge in [-0.05, 0) is 29.0 Å². The Hall–Kier alpha value is -1.31. The molecular weight excluding hydrogens is 375 g/mol. The molecule has 20 heavy (non-hydrogen) atoms. The summed E-state index contributed by atoms with van der Waals surface area (Å²) in [5.74, 6) is 0.907. The van der Waals surface area contributed by atoms with Gasteiger partial charge >= 0.3 is 0 Å². The molecule has 0 bridgehead atoms. The van der Waals surface area contributed by atoms with Crippen LogP contribution in [0.15, 0.2) is 24.3 Å². The molecule has 0 radical (unpaired) electrons. The van der Waals surface area contributed by atoms with Crippen LogP contribution in [0, 0.1) is 3.57 Å². The van der Waals surface area contributed by atoms with Crippen LogP contribution in [-0.2, 0) is 6.42 Å². The average molecular weight is 389 g/mol. The number of nitrogens with zero attached hydrogens (tertiary/aromatic N) is 2. The molecule has 0 saturated heterocycles. The van der Waals surface area contributed by atoms with Gasteiger partial charge in [0, 0.05) is 11.1 Å². The third-order valence-electron chi connectivity index (χ3n) is 2.85. The molecule has 0 aliphatic carbocycles. The van der Waals surface area contributed by atoms with Gasteiger partial charge in [0.05, 0.1) is 9.26 Å². The van der Waals surface area contributed by atoms with Crippen LogP contribution in [0.4, 0.5) is 14.6 Å². The van der Waals surface area contributed by atoms with Crippen molar-refractivity contribution in [2.24, 2.45) is 0 Å². The van der Waals surface area contributed by atoms with Gasteiger partial charge in [0.2, 0.25) is 0 Å². The molecule has 1 aromatic carbocycles. The van der Waals surface area contributed by atoms with Crippen LogP contribution in [0.25, 0.3) is 11.4 Å². The van der Waals surface area contributed by atoms with Gasteiger partial charge in [-0.25, -0.2) is 18.7 Å². The van der Waals surface area contributed by atoms with Gasteiger partial charge in [-0.1, -0.05) is 37.6 Å². The zero-order valence-corrected chi connectivity index (χ0v) is 13.1. The van der Waals surface area contributed by atoms with Crippen molar-refractivity contribution < 1.29 is 8.78 Å². The summed E-state index contributed by atoms with van der Waals surface area (Å²) in [6.45, 7) is 2.06. The maximum absolute atomic E-state index is 12.5. The molecule has 0 unspecified atom stereocenters. The molecule has 0 atom stereocenters. The summed E-state index contributed by atoms with van der Waals surface area (Å²) in [7, 11) is 0. The topological polar surface area (TPSA) is 51.8 Å². The first kappa shape index (κ1) is 15.1. The van der Waals surface area contributed by atoms with Crippen LogP contribution in [-0.4, -0.2) is 9.97 Å². The van der Waals surface area contributed by atoms with Crippen molar-refractivity contribution in [1.29, 1.82) is 0 Å². The maximum atomic E-state index is 12.5. The fourth-order valence-corrected chi connectivity index (χ4v) is 2.33. The highest BCUT2D eigenvalue weighted by molar-refractivity contribution is 14.1. The van der Waals surface area contributed by atoms with Crippen LogP contribution < -0.4 is 5.73 Å². The van der Waals surface area contributed by atoms with Gasteiger partial charge in [-0.3, -0.25) is 0 Å². The Kier molecular flexibility index (Phi) is 4.85. The maximum Gasteiger partial charge on any atom is 0.263 e. The number of rotatable bonds is 4. The number of hydrogen-bond acceptors (Lipinski definition) is 3. The predicted octanol–water partition coefficient (Wildman–Crippen LogP) is 4.22. The summed E-state index contributed by atoms with van der Waals surface area (Å²) in [5.41, 5.74) is 7.46. The number of aryl methyl sites for hydroxylation is 1. The highest BCUT2D eigenvalue weighted by Gasteiger charge is 2.12. The lowest BCUT2D eigenvalue weighted by molar-refractivity contribution is 0.151. The van der Waals surface area contributed by atoms with Crippen LogP contribution >= 0.6 is 22.6 Å². The summed E-state index contributed by atoms with van der Waals surface area (Å²) in [6, 6.07) is 5.96. The highest BCUT2D eigenvalue weighted by atomic mass is 127. The third kappa shape index (κ3) is 3.23. The van der Waals surface area contributed by atoms with E-state index < -0.39 is 6.43 Å². The van der Waals surface area contributed by atoms with Crippen molar-refractivity contribution >= 4 is 28.4 Å². The van der Waals surface area contributed by atoms with Crippen molar-refractivity contribution in [2.45, 2.75) is 26.2 Å². The van der Waals surface area contributed by atoms with Gasteiger partial charge in [0.25, 0.3) is 6.43 Å². The van der Waals surface area contributed by atoms with E-state index >= 15 is 0 Å². The molecule has 0 fully saturated rings. The van der Waals surface area contributed by atoms with Gasteiger partial charge in [-0.15, -0.1) is 0 Å². The highest BCUT2D eigenvalue weighted by Crippen LogP contribution is 2.25. The van der Waals surface area contributed by atoms with Crippen LogP contribution in [0.3, 0.4) is 0 Å². The molecule has 2 N–H and O–H groups in total. The molecule has 0 saturated carbocycles. The molecule has 0 aliphatic rings. The molecule has 6 heteroatoms. The Morgan fingerprint density at radius 1 is 1.20 bits per heavy atom. The van der Waals surface area contributed by atoms with Gasteiger partial charge in [0.15, 0.2) is 5.82 Å². The zero-order chi connectivity index (χ0) is 14.7. The quantitative estimate of drug-likeness (QED) is 0.797. The summed E-state index contributed by atoms with van der Waals surface area (Å²) >= 11 is 2.13. The predicted molar refractivity (Wildman–Crippen MR) is 83.5 cm³/mol. The smallest absolute Gasteiger partial charge is 0.263 e. The van der Waals surface area contributed by atoms with Gasteiger partial charge < -0.3 is 5.73 Å². The molecule has 0 amide bonds. The zero-order valence-electron chi connectivity index (χ0n) is 10.9. The number of benzene rings is 1. The minimum absolute atomic E-state index is 0.0129. The van der Waals surface area contributed by atoms with E-state index in [4.69, 9.17) is 5.73 Å². The van der Waals surface area contributed by atoms with E-state index in [0.29, 0.717) is 17.2 Å².